The Kier molecular flexibility index (Phi) is 21.4. The monoisotopic (exact) mass is 130 g/mol. The van der Waals surface area contributed by atoms with E-state index in [1.807, 2.05) is 0 Å². The maximum atomic E-state index is 9.14. The normalized spacial score (nSPS) is 4.57. The molecular formula is C3H3ClMgO2. The van der Waals surface area contributed by atoms with Crippen molar-refractivity contribution in [3.8, 4) is 0 Å². The minimum Gasteiger partial charge on any atom is -1.00 e. The Morgan fingerprint density at radius 2 is 1.86 bits per heavy atom. The van der Waals surface area contributed by atoms with Gasteiger partial charge in [-0.15, -0.1) is 0 Å². The molecule has 0 rings (SSSR count). The maximum Gasteiger partial charge on any atom is 2.00 e. The van der Waals surface area contributed by atoms with Gasteiger partial charge in [0, 0.05) is 0 Å². The Hall–Kier alpha value is 0.266. The summed E-state index contributed by atoms with van der Waals surface area (Å²) in [7, 11) is 0. The van der Waals surface area contributed by atoms with Crippen LogP contribution in [0, 0.1) is 0 Å². The molecular weight excluding hydrogens is 128 g/mol. The number of halogens is 1. The van der Waals surface area contributed by atoms with Crippen molar-refractivity contribution < 1.29 is 22.3 Å². The summed E-state index contributed by atoms with van der Waals surface area (Å²) in [6.07, 6.45) is 0.722. The summed E-state index contributed by atoms with van der Waals surface area (Å²) < 4.78 is 0. The third-order valence-corrected chi connectivity index (χ3v) is 0.167. The van der Waals surface area contributed by atoms with Gasteiger partial charge in [-0.1, -0.05) is 6.58 Å². The van der Waals surface area contributed by atoms with Crippen LogP contribution in [-0.4, -0.2) is 29.0 Å². The number of hydrogen-bond donors (Lipinski definition) is 0. The first kappa shape index (κ1) is 15.7. The molecule has 0 atom stereocenters. The van der Waals surface area contributed by atoms with Crippen molar-refractivity contribution in [3.05, 3.63) is 12.7 Å². The minimum atomic E-state index is -1.23. The second-order valence-electron chi connectivity index (χ2n) is 0.523. The summed E-state index contributed by atoms with van der Waals surface area (Å²) in [6, 6.07) is 0. The summed E-state index contributed by atoms with van der Waals surface area (Å²) in [4.78, 5) is 9.14. The average Bonchev–Trinajstić information content (AvgIpc) is 1.38. The van der Waals surface area contributed by atoms with Crippen molar-refractivity contribution in [3.63, 3.8) is 0 Å². The fraction of sp³-hybridized carbons (Fsp3) is 0. The van der Waals surface area contributed by atoms with E-state index in [2.05, 4.69) is 6.58 Å². The van der Waals surface area contributed by atoms with Crippen LogP contribution in [0.4, 0.5) is 0 Å². The van der Waals surface area contributed by atoms with E-state index in [-0.39, 0.29) is 35.5 Å². The van der Waals surface area contributed by atoms with Gasteiger partial charge in [0.05, 0.1) is 5.97 Å². The molecule has 0 aromatic rings. The molecule has 2 nitrogen and oxygen atoms in total. The largest absolute Gasteiger partial charge is 2.00 e. The number of carboxylic acid groups (broad SMARTS) is 1. The van der Waals surface area contributed by atoms with Crippen molar-refractivity contribution in [2.75, 3.05) is 0 Å². The summed E-state index contributed by atoms with van der Waals surface area (Å²) in [5, 5.41) is 9.14. The number of hydrogen-bond acceptors (Lipinski definition) is 2. The molecule has 4 heteroatoms. The van der Waals surface area contributed by atoms with Gasteiger partial charge in [-0.3, -0.25) is 0 Å². The summed E-state index contributed by atoms with van der Waals surface area (Å²) in [5.41, 5.74) is 0. The second-order valence-corrected chi connectivity index (χ2v) is 0.523. The molecule has 0 aliphatic rings. The first-order valence-electron chi connectivity index (χ1n) is 1.11. The van der Waals surface area contributed by atoms with Crippen LogP contribution < -0.4 is 17.5 Å². The zero-order valence-corrected chi connectivity index (χ0v) is 5.86. The number of aliphatic carboxylic acids is 1. The number of carbonyl (C=O) groups is 1. The van der Waals surface area contributed by atoms with Crippen LogP contribution in [-0.2, 0) is 4.79 Å². The predicted molar refractivity (Wildman–Crippen MR) is 21.0 cm³/mol. The molecule has 0 amide bonds. The van der Waals surface area contributed by atoms with Crippen LogP contribution in [0.15, 0.2) is 12.7 Å². The molecule has 36 valence electrons. The molecule has 0 heterocycles. The van der Waals surface area contributed by atoms with Gasteiger partial charge in [0.1, 0.15) is 0 Å². The van der Waals surface area contributed by atoms with Crippen molar-refractivity contribution in [2.24, 2.45) is 0 Å². The molecule has 0 fully saturated rings. The predicted octanol–water partition coefficient (Wildman–Crippen LogP) is -4.45. The topological polar surface area (TPSA) is 40.1 Å². The Bertz CT molecular complexity index is 64.0. The molecule has 0 saturated carbocycles. The van der Waals surface area contributed by atoms with Gasteiger partial charge in [-0.05, 0) is 6.08 Å². The van der Waals surface area contributed by atoms with Crippen LogP contribution >= 0.6 is 0 Å². The standard InChI is InChI=1S/C3H4O2.ClH.Mg/c1-2-3(4)5;;/h2H,1H2,(H,4,5);1H;/q;;+2/p-2. The van der Waals surface area contributed by atoms with Crippen molar-refractivity contribution in [1.29, 1.82) is 0 Å². The van der Waals surface area contributed by atoms with Gasteiger partial charge in [-0.2, -0.15) is 0 Å². The first-order chi connectivity index (χ1) is 2.27. The molecule has 0 aromatic heterocycles. The van der Waals surface area contributed by atoms with Gasteiger partial charge in [-0.25, -0.2) is 0 Å². The van der Waals surface area contributed by atoms with Crippen LogP contribution in [0.1, 0.15) is 0 Å². The Labute approximate surface area is 64.2 Å². The molecule has 0 aliphatic heterocycles. The molecule has 7 heavy (non-hydrogen) atoms. The van der Waals surface area contributed by atoms with Crippen molar-refractivity contribution in [1.82, 2.24) is 0 Å². The van der Waals surface area contributed by atoms with Crippen molar-refractivity contribution >= 4 is 29.0 Å². The van der Waals surface area contributed by atoms with Gasteiger partial charge in [0.15, 0.2) is 0 Å². The van der Waals surface area contributed by atoms with E-state index in [9.17, 15) is 0 Å². The van der Waals surface area contributed by atoms with E-state index in [1.54, 1.807) is 0 Å². The van der Waals surface area contributed by atoms with Gasteiger partial charge in [0.25, 0.3) is 0 Å². The smallest absolute Gasteiger partial charge is 1.00 e. The quantitative estimate of drug-likeness (QED) is 0.266. The third kappa shape index (κ3) is 22.2. The SMILES string of the molecule is C=CC(=O)[O-].[Cl-].[Mg+2]. The van der Waals surface area contributed by atoms with Crippen LogP contribution in [0.2, 0.25) is 0 Å². The van der Waals surface area contributed by atoms with Gasteiger partial charge in [0.2, 0.25) is 0 Å². The third-order valence-electron chi connectivity index (χ3n) is 0.167. The molecule has 0 spiro atoms. The van der Waals surface area contributed by atoms with E-state index >= 15 is 0 Å². The zero-order valence-electron chi connectivity index (χ0n) is 3.69. The molecule has 0 bridgehead atoms. The van der Waals surface area contributed by atoms with E-state index in [0.29, 0.717) is 0 Å². The van der Waals surface area contributed by atoms with Gasteiger partial charge < -0.3 is 22.3 Å². The molecule has 0 aromatic carbocycles. The maximum absolute atomic E-state index is 9.14. The average molecular weight is 131 g/mol. The Morgan fingerprint density at radius 3 is 1.86 bits per heavy atom. The minimum absolute atomic E-state index is 0. The zero-order chi connectivity index (χ0) is 4.28. The fourth-order valence-corrected chi connectivity index (χ4v) is 0. The van der Waals surface area contributed by atoms with E-state index in [0.717, 1.165) is 6.08 Å². The van der Waals surface area contributed by atoms with Crippen LogP contribution in [0.25, 0.3) is 0 Å². The fourth-order valence-electron chi connectivity index (χ4n) is 0. The van der Waals surface area contributed by atoms with E-state index in [1.165, 1.54) is 0 Å². The first-order valence-corrected chi connectivity index (χ1v) is 1.11. The number of carbonyl (C=O) groups excluding carboxylic acids is 1. The summed E-state index contributed by atoms with van der Waals surface area (Å²) in [5.74, 6) is -1.23. The van der Waals surface area contributed by atoms with E-state index in [4.69, 9.17) is 9.90 Å². The van der Waals surface area contributed by atoms with Crippen LogP contribution in [0.3, 0.4) is 0 Å². The number of carboxylic acids is 1. The molecule has 0 aliphatic carbocycles. The second kappa shape index (κ2) is 9.55. The molecule has 0 radical (unpaired) electrons. The van der Waals surface area contributed by atoms with Crippen molar-refractivity contribution in [2.45, 2.75) is 0 Å². The molecule has 0 unspecified atom stereocenters. The number of rotatable bonds is 1. The van der Waals surface area contributed by atoms with Crippen LogP contribution in [0.5, 0.6) is 0 Å². The molecule has 0 N–H and O–H groups in total. The van der Waals surface area contributed by atoms with E-state index < -0.39 is 5.97 Å². The Morgan fingerprint density at radius 1 is 1.71 bits per heavy atom. The molecule has 0 saturated heterocycles. The summed E-state index contributed by atoms with van der Waals surface area (Å²) >= 11 is 0. The Balaban J connectivity index is -0.0000000800. The summed E-state index contributed by atoms with van der Waals surface area (Å²) in [6.45, 7) is 2.90. The van der Waals surface area contributed by atoms with Gasteiger partial charge >= 0.3 is 23.1 Å².